The Bertz CT molecular complexity index is 442. The molecule has 0 unspecified atom stereocenters. The smallest absolute Gasteiger partial charge is 0.224 e. The monoisotopic (exact) mass is 276 g/mol. The van der Waals surface area contributed by atoms with Gasteiger partial charge >= 0.3 is 0 Å². The van der Waals surface area contributed by atoms with E-state index in [1.807, 2.05) is 19.1 Å². The summed E-state index contributed by atoms with van der Waals surface area (Å²) in [5.74, 6) is 1.00. The summed E-state index contributed by atoms with van der Waals surface area (Å²) in [4.78, 5) is 16.2. The van der Waals surface area contributed by atoms with Gasteiger partial charge in [-0.05, 0) is 30.9 Å². The largest absolute Gasteiger partial charge is 0.378 e. The van der Waals surface area contributed by atoms with Crippen LogP contribution in [0.4, 0.5) is 0 Å². The van der Waals surface area contributed by atoms with Crippen molar-refractivity contribution >= 4 is 5.91 Å². The fourth-order valence-corrected chi connectivity index (χ4v) is 2.71. The molecule has 0 spiro atoms. The first-order valence-electron chi connectivity index (χ1n) is 7.36. The fourth-order valence-electron chi connectivity index (χ4n) is 2.71. The van der Waals surface area contributed by atoms with Gasteiger partial charge in [0.2, 0.25) is 5.91 Å². The molecule has 1 N–H and O–H groups in total. The molecule has 1 aliphatic rings. The van der Waals surface area contributed by atoms with E-state index >= 15 is 0 Å². The van der Waals surface area contributed by atoms with E-state index in [1.54, 1.807) is 6.20 Å². The third-order valence-electron chi connectivity index (χ3n) is 3.82. The molecule has 1 fully saturated rings. The second kappa shape index (κ2) is 6.84. The molecule has 4 nitrogen and oxygen atoms in total. The van der Waals surface area contributed by atoms with E-state index in [0.717, 1.165) is 24.3 Å². The minimum Gasteiger partial charge on any atom is -0.378 e. The molecule has 0 radical (unpaired) electrons. The molecule has 1 aromatic rings. The minimum absolute atomic E-state index is 0.0602. The number of amides is 1. The van der Waals surface area contributed by atoms with E-state index in [-0.39, 0.29) is 12.0 Å². The molecule has 2 heterocycles. The maximum Gasteiger partial charge on any atom is 0.224 e. The first-order chi connectivity index (χ1) is 9.56. The Morgan fingerprint density at radius 2 is 2.30 bits per heavy atom. The van der Waals surface area contributed by atoms with Crippen LogP contribution in [0.2, 0.25) is 0 Å². The van der Waals surface area contributed by atoms with E-state index < -0.39 is 0 Å². The molecule has 0 bridgehead atoms. The van der Waals surface area contributed by atoms with Crippen LogP contribution in [-0.4, -0.2) is 30.1 Å². The first-order valence-corrected chi connectivity index (χ1v) is 7.36. The van der Waals surface area contributed by atoms with Crippen LogP contribution in [0.15, 0.2) is 18.3 Å². The SMILES string of the molecule is Cc1ccc(CC(=O)NC[C@@H]2CCO[C@H]2C(C)C)cn1. The van der Waals surface area contributed by atoms with Crippen molar-refractivity contribution in [3.63, 3.8) is 0 Å². The van der Waals surface area contributed by atoms with E-state index in [4.69, 9.17) is 4.74 Å². The highest BCUT2D eigenvalue weighted by Gasteiger charge is 2.30. The molecule has 0 aromatic carbocycles. The number of aryl methyl sites for hydroxylation is 1. The van der Waals surface area contributed by atoms with Gasteiger partial charge in [-0.25, -0.2) is 0 Å². The molecule has 1 saturated heterocycles. The Balaban J connectivity index is 1.79. The first kappa shape index (κ1) is 15.0. The molecule has 1 amide bonds. The summed E-state index contributed by atoms with van der Waals surface area (Å²) in [6.45, 7) is 7.80. The number of aromatic nitrogens is 1. The van der Waals surface area contributed by atoms with Crippen molar-refractivity contribution in [2.45, 2.75) is 39.7 Å². The molecule has 4 heteroatoms. The van der Waals surface area contributed by atoms with Gasteiger partial charge < -0.3 is 10.1 Å². The summed E-state index contributed by atoms with van der Waals surface area (Å²) < 4.78 is 5.73. The topological polar surface area (TPSA) is 51.2 Å². The van der Waals surface area contributed by atoms with Gasteiger partial charge in [0.15, 0.2) is 0 Å². The molecule has 0 aliphatic carbocycles. The maximum absolute atomic E-state index is 12.0. The number of carbonyl (C=O) groups is 1. The van der Waals surface area contributed by atoms with Crippen LogP contribution in [-0.2, 0) is 16.0 Å². The number of nitrogens with zero attached hydrogens (tertiary/aromatic N) is 1. The van der Waals surface area contributed by atoms with Crippen LogP contribution in [0.3, 0.4) is 0 Å². The zero-order chi connectivity index (χ0) is 14.5. The number of rotatable bonds is 5. The Kier molecular flexibility index (Phi) is 5.12. The van der Waals surface area contributed by atoms with Gasteiger partial charge in [0, 0.05) is 31.0 Å². The Labute approximate surface area is 120 Å². The van der Waals surface area contributed by atoms with Crippen molar-refractivity contribution in [1.82, 2.24) is 10.3 Å². The van der Waals surface area contributed by atoms with Crippen molar-refractivity contribution < 1.29 is 9.53 Å². The van der Waals surface area contributed by atoms with Crippen molar-refractivity contribution in [2.75, 3.05) is 13.2 Å². The zero-order valence-electron chi connectivity index (χ0n) is 12.6. The molecule has 1 aliphatic heterocycles. The number of hydrogen-bond donors (Lipinski definition) is 1. The molecule has 2 atom stereocenters. The number of nitrogens with one attached hydrogen (secondary N) is 1. The lowest BCUT2D eigenvalue weighted by Gasteiger charge is -2.22. The van der Waals surface area contributed by atoms with Gasteiger partial charge in [-0.15, -0.1) is 0 Å². The molecule has 20 heavy (non-hydrogen) atoms. The van der Waals surface area contributed by atoms with Crippen LogP contribution in [0.1, 0.15) is 31.5 Å². The number of hydrogen-bond acceptors (Lipinski definition) is 3. The average molecular weight is 276 g/mol. The summed E-state index contributed by atoms with van der Waals surface area (Å²) in [6, 6.07) is 3.89. The number of pyridine rings is 1. The summed E-state index contributed by atoms with van der Waals surface area (Å²) in [6.07, 6.45) is 3.48. The lowest BCUT2D eigenvalue weighted by Crippen LogP contribution is -2.35. The van der Waals surface area contributed by atoms with E-state index in [1.165, 1.54) is 0 Å². The third kappa shape index (κ3) is 4.04. The van der Waals surface area contributed by atoms with Crippen LogP contribution in [0.25, 0.3) is 0 Å². The van der Waals surface area contributed by atoms with Gasteiger partial charge in [-0.3, -0.25) is 9.78 Å². The standard InChI is InChI=1S/C16H24N2O2/c1-11(2)16-14(6-7-20-16)10-18-15(19)8-13-5-4-12(3)17-9-13/h4-5,9,11,14,16H,6-8,10H2,1-3H3,(H,18,19)/t14-,16-/m0/s1. The normalized spacial score (nSPS) is 22.2. The summed E-state index contributed by atoms with van der Waals surface area (Å²) in [5.41, 5.74) is 1.92. The molecular formula is C16H24N2O2. The Hall–Kier alpha value is -1.42. The lowest BCUT2D eigenvalue weighted by molar-refractivity contribution is -0.120. The number of ether oxygens (including phenoxy) is 1. The fraction of sp³-hybridized carbons (Fsp3) is 0.625. The predicted octanol–water partition coefficient (Wildman–Crippen LogP) is 2.11. The average Bonchev–Trinajstić information content (AvgIpc) is 2.88. The second-order valence-electron chi connectivity index (χ2n) is 5.92. The van der Waals surface area contributed by atoms with Crippen molar-refractivity contribution in [1.29, 1.82) is 0 Å². The van der Waals surface area contributed by atoms with Crippen molar-refractivity contribution in [2.24, 2.45) is 11.8 Å². The van der Waals surface area contributed by atoms with Crippen LogP contribution >= 0.6 is 0 Å². The highest BCUT2D eigenvalue weighted by atomic mass is 16.5. The summed E-state index contributed by atoms with van der Waals surface area (Å²) >= 11 is 0. The van der Waals surface area contributed by atoms with Gasteiger partial charge in [0.05, 0.1) is 12.5 Å². The number of carbonyl (C=O) groups excluding carboxylic acids is 1. The zero-order valence-corrected chi connectivity index (χ0v) is 12.6. The Morgan fingerprint density at radius 3 is 2.95 bits per heavy atom. The quantitative estimate of drug-likeness (QED) is 0.896. The Morgan fingerprint density at radius 1 is 1.50 bits per heavy atom. The summed E-state index contributed by atoms with van der Waals surface area (Å²) in [5, 5.41) is 3.03. The van der Waals surface area contributed by atoms with E-state index in [9.17, 15) is 4.79 Å². The summed E-state index contributed by atoms with van der Waals surface area (Å²) in [7, 11) is 0. The molecule has 0 saturated carbocycles. The van der Waals surface area contributed by atoms with E-state index in [0.29, 0.717) is 24.8 Å². The van der Waals surface area contributed by atoms with Crippen molar-refractivity contribution in [3.8, 4) is 0 Å². The molecule has 1 aromatic heterocycles. The molecular weight excluding hydrogens is 252 g/mol. The highest BCUT2D eigenvalue weighted by molar-refractivity contribution is 5.78. The van der Waals surface area contributed by atoms with Gasteiger partial charge in [-0.2, -0.15) is 0 Å². The molecule has 2 rings (SSSR count). The van der Waals surface area contributed by atoms with Gasteiger partial charge in [0.1, 0.15) is 0 Å². The highest BCUT2D eigenvalue weighted by Crippen LogP contribution is 2.26. The molecule has 110 valence electrons. The lowest BCUT2D eigenvalue weighted by atomic mass is 9.93. The van der Waals surface area contributed by atoms with Crippen molar-refractivity contribution in [3.05, 3.63) is 29.6 Å². The maximum atomic E-state index is 12.0. The van der Waals surface area contributed by atoms with Crippen LogP contribution in [0.5, 0.6) is 0 Å². The van der Waals surface area contributed by atoms with Gasteiger partial charge in [0.25, 0.3) is 0 Å². The van der Waals surface area contributed by atoms with E-state index in [2.05, 4.69) is 24.1 Å². The van der Waals surface area contributed by atoms with Crippen LogP contribution in [0, 0.1) is 18.8 Å². The second-order valence-corrected chi connectivity index (χ2v) is 5.92. The third-order valence-corrected chi connectivity index (χ3v) is 3.82. The minimum atomic E-state index is 0.0602. The van der Waals surface area contributed by atoms with Crippen LogP contribution < -0.4 is 5.32 Å². The van der Waals surface area contributed by atoms with Gasteiger partial charge in [-0.1, -0.05) is 19.9 Å². The predicted molar refractivity (Wildman–Crippen MR) is 78.4 cm³/mol.